The Bertz CT molecular complexity index is 1790. The van der Waals surface area contributed by atoms with E-state index >= 15 is 0 Å². The van der Waals surface area contributed by atoms with Crippen molar-refractivity contribution in [3.63, 3.8) is 0 Å². The van der Waals surface area contributed by atoms with Crippen LogP contribution in [-0.4, -0.2) is 0 Å². The van der Waals surface area contributed by atoms with Gasteiger partial charge in [0.15, 0.2) is 0 Å². The molecule has 5 aromatic rings. The first-order chi connectivity index (χ1) is 17.1. The molecule has 3 aliphatic carbocycles. The second-order valence-corrected chi connectivity index (χ2v) is 10.7. The molecule has 2 atom stereocenters. The largest absolute Gasteiger partial charge is 0.0807 e. The number of hydrogen-bond donors (Lipinski definition) is 0. The maximum atomic E-state index is 2.52. The average molecular weight is 447 g/mol. The molecule has 8 rings (SSSR count). The van der Waals surface area contributed by atoms with Gasteiger partial charge in [-0.15, -0.1) is 0 Å². The molecule has 5 aromatic carbocycles. The molecule has 0 N–H and O–H groups in total. The van der Waals surface area contributed by atoms with Crippen molar-refractivity contribution in [3.05, 3.63) is 142 Å². The zero-order valence-electron chi connectivity index (χ0n) is 20.1. The van der Waals surface area contributed by atoms with Gasteiger partial charge in [0.25, 0.3) is 0 Å². The molecule has 0 aliphatic heterocycles. The van der Waals surface area contributed by atoms with Gasteiger partial charge in [-0.1, -0.05) is 96.1 Å². The van der Waals surface area contributed by atoms with Crippen LogP contribution in [0.25, 0.3) is 32.7 Å². The van der Waals surface area contributed by atoms with E-state index in [-0.39, 0.29) is 5.41 Å². The fourth-order valence-electron chi connectivity index (χ4n) is 7.27. The van der Waals surface area contributed by atoms with E-state index in [1.165, 1.54) is 66.1 Å². The smallest absolute Gasteiger partial charge is 0.0686 e. The summed E-state index contributed by atoms with van der Waals surface area (Å²) < 4.78 is 0. The van der Waals surface area contributed by atoms with E-state index in [9.17, 15) is 0 Å². The summed E-state index contributed by atoms with van der Waals surface area (Å²) in [6.07, 6.45) is 6.01. The van der Waals surface area contributed by atoms with E-state index in [0.717, 1.165) is 6.42 Å². The second kappa shape index (κ2) is 6.61. The van der Waals surface area contributed by atoms with Crippen molar-refractivity contribution < 1.29 is 0 Å². The highest BCUT2D eigenvalue weighted by atomic mass is 14.6. The standard InChI is InChI=1S/C35H26/c1-21-11-13-25-18-30-28-14-12-22(2)16-32(28)35(34(30)20-26(25)15-21)31-10-6-5-9-27(31)29-17-23-7-3-4-8-24(23)19-33(29)35/h3-13,15-20,28H,14H2,1-2H3. The Hall–Kier alpha value is -3.90. The minimum Gasteiger partial charge on any atom is -0.0807 e. The summed E-state index contributed by atoms with van der Waals surface area (Å²) in [5, 5.41) is 5.33. The summed E-state index contributed by atoms with van der Waals surface area (Å²) in [7, 11) is 0. The SMILES string of the molecule is CC1=CCC2C(=C1)C1(c3ccccc3-c3cc4ccccc4cc31)c1cc3cc(C)ccc3cc12. The Balaban J connectivity index is 1.58. The van der Waals surface area contributed by atoms with Crippen molar-refractivity contribution in [2.24, 2.45) is 0 Å². The fraction of sp³-hybridized carbons (Fsp3) is 0.143. The van der Waals surface area contributed by atoms with E-state index in [0.29, 0.717) is 5.92 Å². The number of rotatable bonds is 0. The highest BCUT2D eigenvalue weighted by Gasteiger charge is 2.55. The lowest BCUT2D eigenvalue weighted by atomic mass is 9.68. The number of hydrogen-bond acceptors (Lipinski definition) is 0. The Morgan fingerprint density at radius 1 is 0.629 bits per heavy atom. The highest BCUT2D eigenvalue weighted by Crippen LogP contribution is 2.66. The summed E-state index contributed by atoms with van der Waals surface area (Å²) in [5.74, 6) is 0.421. The van der Waals surface area contributed by atoms with Crippen LogP contribution in [0.2, 0.25) is 0 Å². The van der Waals surface area contributed by atoms with Gasteiger partial charge in [-0.05, 0) is 99.0 Å². The average Bonchev–Trinajstić information content (AvgIpc) is 3.32. The summed E-state index contributed by atoms with van der Waals surface area (Å²) >= 11 is 0. The Labute approximate surface area is 206 Å². The van der Waals surface area contributed by atoms with Crippen molar-refractivity contribution in [1.29, 1.82) is 0 Å². The third-order valence-electron chi connectivity index (χ3n) is 8.72. The van der Waals surface area contributed by atoms with Gasteiger partial charge in [0.2, 0.25) is 0 Å². The van der Waals surface area contributed by atoms with Crippen LogP contribution in [0.4, 0.5) is 0 Å². The molecule has 0 nitrogen and oxygen atoms in total. The minimum atomic E-state index is -0.233. The lowest BCUT2D eigenvalue weighted by Crippen LogP contribution is -2.27. The molecular formula is C35H26. The van der Waals surface area contributed by atoms with Crippen LogP contribution in [0.1, 0.15) is 47.1 Å². The summed E-state index contributed by atoms with van der Waals surface area (Å²) in [5.41, 5.74) is 12.7. The minimum absolute atomic E-state index is 0.233. The highest BCUT2D eigenvalue weighted by molar-refractivity contribution is 5.98. The first kappa shape index (κ1) is 19.4. The lowest BCUT2D eigenvalue weighted by Gasteiger charge is -2.33. The van der Waals surface area contributed by atoms with Crippen LogP contribution in [0.5, 0.6) is 0 Å². The van der Waals surface area contributed by atoms with Crippen molar-refractivity contribution in [2.75, 3.05) is 0 Å². The maximum Gasteiger partial charge on any atom is 0.0686 e. The maximum absolute atomic E-state index is 2.52. The molecule has 166 valence electrons. The molecule has 0 amide bonds. The molecule has 2 unspecified atom stereocenters. The van der Waals surface area contributed by atoms with Crippen molar-refractivity contribution in [2.45, 2.75) is 31.6 Å². The van der Waals surface area contributed by atoms with Gasteiger partial charge in [0.1, 0.15) is 0 Å². The van der Waals surface area contributed by atoms with Gasteiger partial charge < -0.3 is 0 Å². The zero-order chi connectivity index (χ0) is 23.3. The van der Waals surface area contributed by atoms with Gasteiger partial charge in [0, 0.05) is 5.92 Å². The van der Waals surface area contributed by atoms with Crippen LogP contribution in [-0.2, 0) is 5.41 Å². The number of benzene rings is 5. The molecule has 35 heavy (non-hydrogen) atoms. The Kier molecular flexibility index (Phi) is 3.67. The van der Waals surface area contributed by atoms with Gasteiger partial charge in [-0.25, -0.2) is 0 Å². The third-order valence-corrected chi connectivity index (χ3v) is 8.72. The van der Waals surface area contributed by atoms with E-state index in [2.05, 4.69) is 117 Å². The summed E-state index contributed by atoms with van der Waals surface area (Å²) in [6, 6.07) is 34.8. The van der Waals surface area contributed by atoms with Crippen LogP contribution in [0.15, 0.2) is 114 Å². The molecule has 1 spiro atoms. The van der Waals surface area contributed by atoms with Crippen molar-refractivity contribution in [3.8, 4) is 11.1 Å². The predicted octanol–water partition coefficient (Wildman–Crippen LogP) is 8.99. The van der Waals surface area contributed by atoms with Gasteiger partial charge in [0.05, 0.1) is 5.41 Å². The number of aryl methyl sites for hydroxylation is 1. The monoisotopic (exact) mass is 446 g/mol. The molecule has 0 heteroatoms. The van der Waals surface area contributed by atoms with Crippen LogP contribution in [0, 0.1) is 6.92 Å². The predicted molar refractivity (Wildman–Crippen MR) is 147 cm³/mol. The quantitative estimate of drug-likeness (QED) is 0.223. The molecule has 0 radical (unpaired) electrons. The number of allylic oxidation sites excluding steroid dienone is 4. The van der Waals surface area contributed by atoms with Gasteiger partial charge >= 0.3 is 0 Å². The first-order valence-corrected chi connectivity index (χ1v) is 12.7. The van der Waals surface area contributed by atoms with E-state index in [1.807, 2.05) is 0 Å². The van der Waals surface area contributed by atoms with E-state index in [4.69, 9.17) is 0 Å². The second-order valence-electron chi connectivity index (χ2n) is 10.7. The van der Waals surface area contributed by atoms with E-state index < -0.39 is 0 Å². The molecular weight excluding hydrogens is 420 g/mol. The fourth-order valence-corrected chi connectivity index (χ4v) is 7.27. The Morgan fingerprint density at radius 3 is 2.26 bits per heavy atom. The molecule has 3 aliphatic rings. The summed E-state index contributed by atoms with van der Waals surface area (Å²) in [4.78, 5) is 0. The Morgan fingerprint density at radius 2 is 1.37 bits per heavy atom. The molecule has 0 saturated heterocycles. The first-order valence-electron chi connectivity index (χ1n) is 12.7. The molecule has 0 bridgehead atoms. The van der Waals surface area contributed by atoms with Crippen molar-refractivity contribution in [1.82, 2.24) is 0 Å². The zero-order valence-corrected chi connectivity index (χ0v) is 20.1. The van der Waals surface area contributed by atoms with Crippen LogP contribution < -0.4 is 0 Å². The summed E-state index contributed by atoms with van der Waals surface area (Å²) in [6.45, 7) is 4.46. The van der Waals surface area contributed by atoms with Crippen LogP contribution in [0.3, 0.4) is 0 Å². The molecule has 0 aromatic heterocycles. The van der Waals surface area contributed by atoms with Gasteiger partial charge in [-0.3, -0.25) is 0 Å². The number of fused-ring (bicyclic) bond motifs is 12. The van der Waals surface area contributed by atoms with E-state index in [1.54, 1.807) is 5.57 Å². The van der Waals surface area contributed by atoms with Crippen molar-refractivity contribution >= 4 is 21.5 Å². The molecule has 0 heterocycles. The lowest BCUT2D eigenvalue weighted by molar-refractivity contribution is 0.704. The van der Waals surface area contributed by atoms with Gasteiger partial charge in [-0.2, -0.15) is 0 Å². The molecule has 0 saturated carbocycles. The molecule has 0 fully saturated rings. The normalized spacial score (nSPS) is 21.5. The van der Waals surface area contributed by atoms with Crippen LogP contribution >= 0.6 is 0 Å². The topological polar surface area (TPSA) is 0 Å². The third kappa shape index (κ3) is 2.37.